The minimum Gasteiger partial charge on any atom is -0.325 e. The molecule has 0 unspecified atom stereocenters. The van der Waals surface area contributed by atoms with Crippen LogP contribution >= 0.6 is 0 Å². The van der Waals surface area contributed by atoms with E-state index in [4.69, 9.17) is 5.73 Å². The number of hydrogen-bond acceptors (Lipinski definition) is 1. The second kappa shape index (κ2) is 6.78. The van der Waals surface area contributed by atoms with E-state index in [0.29, 0.717) is 18.7 Å². The van der Waals surface area contributed by atoms with E-state index in [2.05, 4.69) is 11.1 Å². The van der Waals surface area contributed by atoms with Crippen molar-refractivity contribution in [2.24, 2.45) is 5.73 Å². The van der Waals surface area contributed by atoms with E-state index >= 15 is 0 Å². The van der Waals surface area contributed by atoms with Crippen LogP contribution in [0, 0.1) is 5.82 Å². The summed E-state index contributed by atoms with van der Waals surface area (Å²) in [6.45, 7) is 5.03. The number of rotatable bonds is 5. The predicted molar refractivity (Wildman–Crippen MR) is 81.1 cm³/mol. The molecular weight excluding hydrogens is 251 g/mol. The van der Waals surface area contributed by atoms with Crippen LogP contribution in [0.1, 0.15) is 17.0 Å². The van der Waals surface area contributed by atoms with E-state index in [-0.39, 0.29) is 5.82 Å². The van der Waals surface area contributed by atoms with Crippen LogP contribution in [-0.2, 0) is 6.54 Å². The summed E-state index contributed by atoms with van der Waals surface area (Å²) < 4.78 is 15.7. The van der Waals surface area contributed by atoms with E-state index in [1.165, 1.54) is 6.07 Å². The molecule has 102 valence electrons. The van der Waals surface area contributed by atoms with Crippen LogP contribution in [0.25, 0.3) is 18.2 Å². The fourth-order valence-electron chi connectivity index (χ4n) is 2.07. The van der Waals surface area contributed by atoms with E-state index < -0.39 is 0 Å². The molecule has 0 aliphatic heterocycles. The normalized spacial score (nSPS) is 10.9. The highest BCUT2D eigenvalue weighted by Crippen LogP contribution is 2.10. The van der Waals surface area contributed by atoms with Crippen molar-refractivity contribution in [1.29, 1.82) is 0 Å². The smallest absolute Gasteiger partial charge is 0.205 e. The minimum atomic E-state index is -0.228. The van der Waals surface area contributed by atoms with Crippen molar-refractivity contribution < 1.29 is 8.96 Å². The average Bonchev–Trinajstić information content (AvgIpc) is 2.47. The first-order chi connectivity index (χ1) is 9.76. The van der Waals surface area contributed by atoms with Gasteiger partial charge in [0.05, 0.1) is 6.54 Å². The molecule has 0 radical (unpaired) electrons. The molecule has 1 heterocycles. The third kappa shape index (κ3) is 3.19. The van der Waals surface area contributed by atoms with Gasteiger partial charge >= 0.3 is 0 Å². The fraction of sp³-hybridized carbons (Fsp3) is 0.118. The monoisotopic (exact) mass is 269 g/mol. The van der Waals surface area contributed by atoms with Crippen molar-refractivity contribution in [3.8, 4) is 0 Å². The van der Waals surface area contributed by atoms with Gasteiger partial charge in [-0.3, -0.25) is 0 Å². The van der Waals surface area contributed by atoms with Gasteiger partial charge in [-0.2, -0.15) is 4.57 Å². The molecule has 1 aromatic heterocycles. The van der Waals surface area contributed by atoms with E-state index in [1.54, 1.807) is 24.3 Å². The average molecular weight is 269 g/mol. The van der Waals surface area contributed by atoms with Gasteiger partial charge in [0, 0.05) is 29.8 Å². The van der Waals surface area contributed by atoms with Gasteiger partial charge in [-0.1, -0.05) is 24.8 Å². The number of hydrogen-bond donors (Lipinski definition) is 1. The largest absolute Gasteiger partial charge is 0.325 e. The maximum Gasteiger partial charge on any atom is 0.205 e. The molecule has 0 atom stereocenters. The molecule has 0 saturated carbocycles. The number of halogens is 1. The van der Waals surface area contributed by atoms with E-state index in [1.807, 2.05) is 30.3 Å². The minimum absolute atomic E-state index is 0.228. The van der Waals surface area contributed by atoms with Gasteiger partial charge in [0.2, 0.25) is 11.4 Å². The maximum atomic E-state index is 13.6. The van der Waals surface area contributed by atoms with Crippen LogP contribution in [0.15, 0.2) is 49.0 Å². The zero-order valence-electron chi connectivity index (χ0n) is 11.3. The van der Waals surface area contributed by atoms with Gasteiger partial charge in [0.25, 0.3) is 0 Å². The SMILES string of the molecule is C=Cc1cccc(/C=C/c2ccccc2F)[n+]1CCN. The molecule has 0 aliphatic carbocycles. The molecule has 0 saturated heterocycles. The van der Waals surface area contributed by atoms with Crippen molar-refractivity contribution >= 4 is 18.2 Å². The third-order valence-corrected chi connectivity index (χ3v) is 3.06. The van der Waals surface area contributed by atoms with Crippen molar-refractivity contribution in [1.82, 2.24) is 0 Å². The lowest BCUT2D eigenvalue weighted by Gasteiger charge is -2.03. The Balaban J connectivity index is 2.38. The Labute approximate surface area is 118 Å². The summed E-state index contributed by atoms with van der Waals surface area (Å²) >= 11 is 0. The second-order valence-electron chi connectivity index (χ2n) is 4.37. The molecule has 2 nitrogen and oxygen atoms in total. The Morgan fingerprint density at radius 1 is 1.05 bits per heavy atom. The summed E-state index contributed by atoms with van der Waals surface area (Å²) in [5.74, 6) is -0.228. The second-order valence-corrected chi connectivity index (χ2v) is 4.37. The molecule has 1 aromatic carbocycles. The van der Waals surface area contributed by atoms with Crippen LogP contribution in [0.4, 0.5) is 4.39 Å². The third-order valence-electron chi connectivity index (χ3n) is 3.06. The van der Waals surface area contributed by atoms with Crippen LogP contribution in [0.3, 0.4) is 0 Å². The quantitative estimate of drug-likeness (QED) is 0.831. The Bertz CT molecular complexity index is 633. The van der Waals surface area contributed by atoms with E-state index in [9.17, 15) is 4.39 Å². The number of benzene rings is 1. The van der Waals surface area contributed by atoms with Crippen molar-refractivity contribution in [3.63, 3.8) is 0 Å². The summed E-state index contributed by atoms with van der Waals surface area (Å²) in [6, 6.07) is 12.6. The van der Waals surface area contributed by atoms with Crippen LogP contribution in [0.5, 0.6) is 0 Å². The highest BCUT2D eigenvalue weighted by molar-refractivity contribution is 5.67. The van der Waals surface area contributed by atoms with Gasteiger partial charge in [-0.25, -0.2) is 4.39 Å². The van der Waals surface area contributed by atoms with Gasteiger partial charge < -0.3 is 5.73 Å². The lowest BCUT2D eigenvalue weighted by atomic mass is 10.1. The van der Waals surface area contributed by atoms with Gasteiger partial charge in [0.15, 0.2) is 6.54 Å². The molecule has 2 N–H and O–H groups in total. The molecule has 0 bridgehead atoms. The number of pyridine rings is 1. The van der Waals surface area contributed by atoms with E-state index in [0.717, 1.165) is 11.4 Å². The van der Waals surface area contributed by atoms with Gasteiger partial charge in [-0.05, 0) is 18.2 Å². The number of nitrogens with two attached hydrogens (primary N) is 1. The van der Waals surface area contributed by atoms with Crippen molar-refractivity contribution in [2.45, 2.75) is 6.54 Å². The molecule has 2 rings (SSSR count). The summed E-state index contributed by atoms with van der Waals surface area (Å²) in [6.07, 6.45) is 5.45. The molecule has 2 aromatic rings. The summed E-state index contributed by atoms with van der Waals surface area (Å²) in [4.78, 5) is 0. The Kier molecular flexibility index (Phi) is 4.80. The lowest BCUT2D eigenvalue weighted by Crippen LogP contribution is -2.43. The highest BCUT2D eigenvalue weighted by atomic mass is 19.1. The molecule has 3 heteroatoms. The lowest BCUT2D eigenvalue weighted by molar-refractivity contribution is -0.697. The van der Waals surface area contributed by atoms with Crippen LogP contribution in [-0.4, -0.2) is 6.54 Å². The standard InChI is InChI=1S/C17H18FN2/c1-2-15-7-5-8-16(20(15)13-12-19)11-10-14-6-3-4-9-17(14)18/h2-11H,1,12-13,19H2/q+1/b11-10+. The first kappa shape index (κ1) is 14.2. The van der Waals surface area contributed by atoms with Crippen LogP contribution in [0.2, 0.25) is 0 Å². The zero-order valence-corrected chi connectivity index (χ0v) is 11.3. The number of nitrogens with zero attached hydrogens (tertiary/aromatic N) is 1. The van der Waals surface area contributed by atoms with Gasteiger partial charge in [0.1, 0.15) is 5.82 Å². The number of aromatic nitrogens is 1. The fourth-order valence-corrected chi connectivity index (χ4v) is 2.07. The summed E-state index contributed by atoms with van der Waals surface area (Å²) in [7, 11) is 0. The molecule has 0 fully saturated rings. The first-order valence-corrected chi connectivity index (χ1v) is 6.54. The molecule has 0 aliphatic rings. The van der Waals surface area contributed by atoms with Gasteiger partial charge in [-0.15, -0.1) is 0 Å². The molecular formula is C17H18FN2+. The Morgan fingerprint density at radius 2 is 1.80 bits per heavy atom. The summed E-state index contributed by atoms with van der Waals surface area (Å²) in [5, 5.41) is 0. The molecule has 20 heavy (non-hydrogen) atoms. The maximum absolute atomic E-state index is 13.6. The molecule has 0 amide bonds. The molecule has 0 spiro atoms. The first-order valence-electron chi connectivity index (χ1n) is 6.54. The zero-order chi connectivity index (χ0) is 14.4. The van der Waals surface area contributed by atoms with Crippen LogP contribution < -0.4 is 10.3 Å². The highest BCUT2D eigenvalue weighted by Gasteiger charge is 2.11. The Morgan fingerprint density at radius 3 is 2.50 bits per heavy atom. The van der Waals surface area contributed by atoms with Crippen molar-refractivity contribution in [3.05, 3.63) is 71.8 Å². The Hall–Kier alpha value is -2.26. The van der Waals surface area contributed by atoms with Crippen molar-refractivity contribution in [2.75, 3.05) is 6.54 Å². The predicted octanol–water partition coefficient (Wildman–Crippen LogP) is 2.89. The topological polar surface area (TPSA) is 29.9 Å². The summed E-state index contributed by atoms with van der Waals surface area (Å²) in [5.41, 5.74) is 8.17.